The molecule has 4 rings (SSSR count). The molecule has 0 aromatic heterocycles. The summed E-state index contributed by atoms with van der Waals surface area (Å²) in [6, 6.07) is 0. The fourth-order valence-electron chi connectivity index (χ4n) is 7.03. The second kappa shape index (κ2) is 4.80. The van der Waals surface area contributed by atoms with Crippen LogP contribution < -0.4 is 0 Å². The molecular formula is C19H30O3. The molecule has 124 valence electrons. The van der Waals surface area contributed by atoms with Crippen molar-refractivity contribution >= 4 is 5.78 Å². The molecule has 0 amide bonds. The molecular weight excluding hydrogens is 276 g/mol. The third-order valence-corrected chi connectivity index (χ3v) is 8.27. The first-order valence-electron chi connectivity index (χ1n) is 9.25. The molecule has 2 N–H and O–H groups in total. The van der Waals surface area contributed by atoms with E-state index in [0.29, 0.717) is 30.0 Å². The van der Waals surface area contributed by atoms with Gasteiger partial charge in [-0.3, -0.25) is 4.79 Å². The highest BCUT2D eigenvalue weighted by atomic mass is 16.3. The van der Waals surface area contributed by atoms with Crippen LogP contribution >= 0.6 is 0 Å². The molecule has 22 heavy (non-hydrogen) atoms. The summed E-state index contributed by atoms with van der Waals surface area (Å²) in [5, 5.41) is 20.5. The van der Waals surface area contributed by atoms with Crippen LogP contribution in [-0.4, -0.2) is 28.2 Å². The minimum atomic E-state index is -0.291. The average molecular weight is 306 g/mol. The smallest absolute Gasteiger partial charge is 0.137 e. The van der Waals surface area contributed by atoms with Crippen molar-refractivity contribution < 1.29 is 15.0 Å². The second-order valence-corrected chi connectivity index (χ2v) is 9.20. The standard InChI is InChI=1S/C19H30O3/c1-18-8-7-12(20)9-11(18)3-4-13-14-5-6-16(22)19(14,2)10-15(21)17(13)18/h11-14,16-17,20,22H,3-10H2,1-2H3/t11-,12+,13-,14-,16-,17+,18-,19-/m0/s1. The number of hydrogen-bond donors (Lipinski definition) is 2. The third kappa shape index (κ3) is 1.84. The van der Waals surface area contributed by atoms with Crippen LogP contribution in [0.3, 0.4) is 0 Å². The van der Waals surface area contributed by atoms with Gasteiger partial charge in [-0.25, -0.2) is 0 Å². The van der Waals surface area contributed by atoms with Crippen molar-refractivity contribution in [3.05, 3.63) is 0 Å². The number of Topliss-reactive ketones (excluding diaryl/α,β-unsaturated/α-hetero) is 1. The molecule has 0 heterocycles. The molecule has 3 heteroatoms. The van der Waals surface area contributed by atoms with E-state index in [9.17, 15) is 15.0 Å². The van der Waals surface area contributed by atoms with Gasteiger partial charge in [-0.05, 0) is 68.1 Å². The van der Waals surface area contributed by atoms with E-state index < -0.39 is 0 Å². The Morgan fingerprint density at radius 3 is 2.55 bits per heavy atom. The van der Waals surface area contributed by atoms with Crippen LogP contribution in [0.5, 0.6) is 0 Å². The van der Waals surface area contributed by atoms with Gasteiger partial charge in [0.05, 0.1) is 12.2 Å². The first-order chi connectivity index (χ1) is 10.4. The highest BCUT2D eigenvalue weighted by Crippen LogP contribution is 2.65. The van der Waals surface area contributed by atoms with Gasteiger partial charge in [0.25, 0.3) is 0 Å². The van der Waals surface area contributed by atoms with Gasteiger partial charge in [0.2, 0.25) is 0 Å². The number of ketones is 1. The fraction of sp³-hybridized carbons (Fsp3) is 0.947. The lowest BCUT2D eigenvalue weighted by Crippen LogP contribution is -2.58. The summed E-state index contributed by atoms with van der Waals surface area (Å²) in [4.78, 5) is 13.1. The van der Waals surface area contributed by atoms with Gasteiger partial charge in [-0.1, -0.05) is 13.8 Å². The average Bonchev–Trinajstić information content (AvgIpc) is 2.75. The van der Waals surface area contributed by atoms with Crippen LogP contribution in [0.2, 0.25) is 0 Å². The highest BCUT2D eigenvalue weighted by molar-refractivity contribution is 5.84. The van der Waals surface area contributed by atoms with E-state index in [1.807, 2.05) is 0 Å². The summed E-state index contributed by atoms with van der Waals surface area (Å²) >= 11 is 0. The van der Waals surface area contributed by atoms with Crippen molar-refractivity contribution in [1.29, 1.82) is 0 Å². The van der Waals surface area contributed by atoms with E-state index in [2.05, 4.69) is 13.8 Å². The molecule has 0 aliphatic heterocycles. The lowest BCUT2D eigenvalue weighted by atomic mass is 9.45. The molecule has 0 saturated heterocycles. The Kier molecular flexibility index (Phi) is 3.30. The second-order valence-electron chi connectivity index (χ2n) is 9.20. The Morgan fingerprint density at radius 1 is 1.00 bits per heavy atom. The Balaban J connectivity index is 1.69. The molecule has 3 nitrogen and oxygen atoms in total. The summed E-state index contributed by atoms with van der Waals surface area (Å²) in [7, 11) is 0. The number of hydrogen-bond acceptors (Lipinski definition) is 3. The fourth-order valence-corrected chi connectivity index (χ4v) is 7.03. The Hall–Kier alpha value is -0.410. The van der Waals surface area contributed by atoms with Gasteiger partial charge in [-0.15, -0.1) is 0 Å². The van der Waals surface area contributed by atoms with Crippen molar-refractivity contribution in [3.8, 4) is 0 Å². The molecule has 0 unspecified atom stereocenters. The summed E-state index contributed by atoms with van der Waals surface area (Å²) in [6.45, 7) is 4.48. The van der Waals surface area contributed by atoms with Crippen molar-refractivity contribution in [2.45, 2.75) is 77.4 Å². The summed E-state index contributed by atoms with van der Waals surface area (Å²) in [5.41, 5.74) is -0.0796. The number of carbonyl (C=O) groups excluding carboxylic acids is 1. The van der Waals surface area contributed by atoms with Crippen LogP contribution in [0.4, 0.5) is 0 Å². The predicted molar refractivity (Wildman–Crippen MR) is 84.1 cm³/mol. The molecule has 4 fully saturated rings. The summed E-state index contributed by atoms with van der Waals surface area (Å²) in [5.74, 6) is 2.10. The Morgan fingerprint density at radius 2 is 1.77 bits per heavy atom. The van der Waals surface area contributed by atoms with Crippen molar-refractivity contribution in [2.24, 2.45) is 34.5 Å². The summed E-state index contributed by atoms with van der Waals surface area (Å²) in [6.07, 6.45) is 7.11. The normalized spacial score (nSPS) is 57.9. The molecule has 0 aromatic rings. The third-order valence-electron chi connectivity index (χ3n) is 8.27. The van der Waals surface area contributed by atoms with E-state index in [4.69, 9.17) is 0 Å². The monoisotopic (exact) mass is 306 g/mol. The zero-order valence-corrected chi connectivity index (χ0v) is 13.9. The Labute approximate surface area is 133 Å². The molecule has 4 saturated carbocycles. The lowest BCUT2D eigenvalue weighted by Gasteiger charge is -2.59. The quantitative estimate of drug-likeness (QED) is 0.723. The van der Waals surface area contributed by atoms with E-state index in [1.165, 1.54) is 0 Å². The molecule has 8 atom stereocenters. The van der Waals surface area contributed by atoms with E-state index in [1.54, 1.807) is 0 Å². The first kappa shape index (κ1) is 15.1. The van der Waals surface area contributed by atoms with Crippen LogP contribution in [0.1, 0.15) is 65.2 Å². The minimum absolute atomic E-state index is 0.0914. The van der Waals surface area contributed by atoms with Crippen molar-refractivity contribution in [2.75, 3.05) is 0 Å². The Bertz CT molecular complexity index is 489. The van der Waals surface area contributed by atoms with Gasteiger partial charge in [-0.2, -0.15) is 0 Å². The van der Waals surface area contributed by atoms with Crippen LogP contribution in [0, 0.1) is 34.5 Å². The van der Waals surface area contributed by atoms with Crippen LogP contribution in [0.25, 0.3) is 0 Å². The SMILES string of the molecule is C[C@]12CC[C@@H](O)C[C@@H]1CC[C@H]1[C@@H]3CC[C@H](O)[C@@]3(C)CC(=O)[C@@H]12. The molecule has 0 spiro atoms. The largest absolute Gasteiger partial charge is 0.393 e. The zero-order chi connectivity index (χ0) is 15.7. The maximum Gasteiger partial charge on any atom is 0.137 e. The summed E-state index contributed by atoms with van der Waals surface area (Å²) < 4.78 is 0. The molecule has 0 radical (unpaired) electrons. The molecule has 4 aliphatic carbocycles. The number of aliphatic hydroxyl groups is 2. The van der Waals surface area contributed by atoms with Crippen molar-refractivity contribution in [1.82, 2.24) is 0 Å². The van der Waals surface area contributed by atoms with Gasteiger partial charge in [0, 0.05) is 17.8 Å². The van der Waals surface area contributed by atoms with Crippen LogP contribution in [0.15, 0.2) is 0 Å². The highest BCUT2D eigenvalue weighted by Gasteiger charge is 2.63. The maximum atomic E-state index is 13.1. The lowest BCUT2D eigenvalue weighted by molar-refractivity contribution is -0.164. The van der Waals surface area contributed by atoms with Gasteiger partial charge in [0.15, 0.2) is 0 Å². The van der Waals surface area contributed by atoms with Crippen molar-refractivity contribution in [3.63, 3.8) is 0 Å². The van der Waals surface area contributed by atoms with E-state index >= 15 is 0 Å². The van der Waals surface area contributed by atoms with Gasteiger partial charge < -0.3 is 10.2 Å². The first-order valence-corrected chi connectivity index (χ1v) is 9.25. The van der Waals surface area contributed by atoms with Gasteiger partial charge >= 0.3 is 0 Å². The zero-order valence-electron chi connectivity index (χ0n) is 13.9. The maximum absolute atomic E-state index is 13.1. The topological polar surface area (TPSA) is 57.5 Å². The number of aliphatic hydroxyl groups excluding tert-OH is 2. The number of rotatable bonds is 0. The van der Waals surface area contributed by atoms with E-state index in [-0.39, 0.29) is 29.0 Å². The van der Waals surface area contributed by atoms with E-state index in [0.717, 1.165) is 44.9 Å². The number of carbonyl (C=O) groups is 1. The molecule has 0 bridgehead atoms. The minimum Gasteiger partial charge on any atom is -0.393 e. The van der Waals surface area contributed by atoms with Gasteiger partial charge in [0.1, 0.15) is 5.78 Å². The molecule has 4 aliphatic rings. The van der Waals surface area contributed by atoms with Crippen LogP contribution in [-0.2, 0) is 4.79 Å². The molecule has 0 aromatic carbocycles. The predicted octanol–water partition coefficient (Wildman–Crippen LogP) is 2.93. The number of fused-ring (bicyclic) bond motifs is 5.